The van der Waals surface area contributed by atoms with Crippen molar-refractivity contribution >= 4 is 0 Å². The van der Waals surface area contributed by atoms with Crippen LogP contribution in [-0.4, -0.2) is 29.3 Å². The molecule has 0 saturated heterocycles. The lowest BCUT2D eigenvalue weighted by Gasteiger charge is -2.09. The van der Waals surface area contributed by atoms with Crippen molar-refractivity contribution in [3.8, 4) is 17.4 Å². The fraction of sp³-hybridized carbons (Fsp3) is 0.231. The molecule has 106 valence electrons. The van der Waals surface area contributed by atoms with Crippen molar-refractivity contribution in [2.45, 2.75) is 6.42 Å². The van der Waals surface area contributed by atoms with Crippen molar-refractivity contribution in [3.05, 3.63) is 50.2 Å². The van der Waals surface area contributed by atoms with E-state index in [9.17, 15) is 14.7 Å². The van der Waals surface area contributed by atoms with Gasteiger partial charge < -0.3 is 14.6 Å². The molecule has 1 heterocycles. The Kier molecular flexibility index (Phi) is 3.79. The molecule has 7 heteroatoms. The molecule has 2 aromatic rings. The minimum Gasteiger partial charge on any atom is -0.494 e. The van der Waals surface area contributed by atoms with Crippen LogP contribution in [0.2, 0.25) is 0 Å². The van der Waals surface area contributed by atoms with Crippen LogP contribution in [0.5, 0.6) is 17.4 Å². The molecule has 0 fully saturated rings. The summed E-state index contributed by atoms with van der Waals surface area (Å²) in [5.74, 6) is 0.648. The van der Waals surface area contributed by atoms with E-state index in [2.05, 4.69) is 9.97 Å². The molecule has 2 rings (SSSR count). The molecule has 0 radical (unpaired) electrons. The molecular formula is C13H14N2O5. The number of hydrogen-bond donors (Lipinski definition) is 3. The summed E-state index contributed by atoms with van der Waals surface area (Å²) in [4.78, 5) is 26.9. The second-order valence-corrected chi connectivity index (χ2v) is 4.10. The van der Waals surface area contributed by atoms with E-state index in [1.165, 1.54) is 14.2 Å². The van der Waals surface area contributed by atoms with Crippen molar-refractivity contribution in [1.29, 1.82) is 0 Å². The smallest absolute Gasteiger partial charge is 0.328 e. The van der Waals surface area contributed by atoms with Crippen molar-refractivity contribution in [1.82, 2.24) is 9.97 Å². The van der Waals surface area contributed by atoms with Gasteiger partial charge in [0.2, 0.25) is 5.88 Å². The summed E-state index contributed by atoms with van der Waals surface area (Å²) >= 11 is 0. The van der Waals surface area contributed by atoms with Crippen molar-refractivity contribution in [2.75, 3.05) is 14.2 Å². The summed E-state index contributed by atoms with van der Waals surface area (Å²) in [6, 6.07) is 5.14. The minimum absolute atomic E-state index is 0.0804. The molecule has 1 aromatic carbocycles. The summed E-state index contributed by atoms with van der Waals surface area (Å²) in [7, 11) is 3.03. The number of aromatic nitrogens is 2. The second kappa shape index (κ2) is 5.52. The van der Waals surface area contributed by atoms with Crippen LogP contribution in [0.25, 0.3) is 0 Å². The van der Waals surface area contributed by atoms with E-state index in [4.69, 9.17) is 9.47 Å². The molecule has 0 aliphatic carbocycles. The highest BCUT2D eigenvalue weighted by molar-refractivity contribution is 5.44. The van der Waals surface area contributed by atoms with Crippen LogP contribution in [-0.2, 0) is 6.42 Å². The maximum Gasteiger partial charge on any atom is 0.328 e. The van der Waals surface area contributed by atoms with Crippen LogP contribution in [0.1, 0.15) is 11.1 Å². The Hall–Kier alpha value is -2.70. The predicted molar refractivity (Wildman–Crippen MR) is 71.7 cm³/mol. The Morgan fingerprint density at radius 3 is 2.40 bits per heavy atom. The Morgan fingerprint density at radius 1 is 1.10 bits per heavy atom. The number of nitrogens with one attached hydrogen (secondary N) is 2. The third-order valence-corrected chi connectivity index (χ3v) is 2.85. The van der Waals surface area contributed by atoms with E-state index in [1.807, 2.05) is 0 Å². The molecule has 0 saturated carbocycles. The molecule has 0 bridgehead atoms. The Morgan fingerprint density at radius 2 is 1.80 bits per heavy atom. The number of H-pyrrole nitrogens is 2. The normalized spacial score (nSPS) is 10.3. The van der Waals surface area contributed by atoms with Gasteiger partial charge in [-0.05, 0) is 17.7 Å². The first-order valence-electron chi connectivity index (χ1n) is 5.80. The quantitative estimate of drug-likeness (QED) is 0.749. The van der Waals surface area contributed by atoms with Gasteiger partial charge in [0.05, 0.1) is 19.8 Å². The fourth-order valence-corrected chi connectivity index (χ4v) is 1.86. The molecule has 0 aliphatic rings. The number of aromatic hydroxyl groups is 1. The molecule has 0 aliphatic heterocycles. The van der Waals surface area contributed by atoms with Gasteiger partial charge >= 0.3 is 5.69 Å². The first-order chi connectivity index (χ1) is 9.55. The highest BCUT2D eigenvalue weighted by Gasteiger charge is 2.11. The molecule has 0 amide bonds. The highest BCUT2D eigenvalue weighted by Crippen LogP contribution is 2.28. The molecule has 0 atom stereocenters. The number of benzene rings is 1. The first kappa shape index (κ1) is 13.7. The monoisotopic (exact) mass is 278 g/mol. The van der Waals surface area contributed by atoms with Crippen LogP contribution < -0.4 is 20.7 Å². The average Bonchev–Trinajstić information content (AvgIpc) is 2.42. The zero-order chi connectivity index (χ0) is 14.7. The molecule has 20 heavy (non-hydrogen) atoms. The minimum atomic E-state index is -0.747. The van der Waals surface area contributed by atoms with E-state index in [-0.39, 0.29) is 12.0 Å². The number of aromatic amines is 2. The van der Waals surface area contributed by atoms with Crippen LogP contribution in [0, 0.1) is 0 Å². The lowest BCUT2D eigenvalue weighted by Crippen LogP contribution is -2.25. The Bertz CT molecular complexity index is 732. The number of rotatable bonds is 4. The largest absolute Gasteiger partial charge is 0.494 e. The van der Waals surface area contributed by atoms with Gasteiger partial charge in [-0.25, -0.2) is 4.79 Å². The van der Waals surface area contributed by atoms with E-state index in [0.717, 1.165) is 5.56 Å². The van der Waals surface area contributed by atoms with Gasteiger partial charge in [0.25, 0.3) is 5.56 Å². The maximum absolute atomic E-state index is 11.7. The summed E-state index contributed by atoms with van der Waals surface area (Å²) in [6.07, 6.45) is 0.151. The van der Waals surface area contributed by atoms with Crippen LogP contribution in [0.15, 0.2) is 27.8 Å². The van der Waals surface area contributed by atoms with E-state index < -0.39 is 17.1 Å². The number of hydrogen-bond acceptors (Lipinski definition) is 5. The summed E-state index contributed by atoms with van der Waals surface area (Å²) in [5, 5.41) is 9.63. The fourth-order valence-electron chi connectivity index (χ4n) is 1.86. The van der Waals surface area contributed by atoms with Gasteiger partial charge in [-0.2, -0.15) is 0 Å². The van der Waals surface area contributed by atoms with Crippen LogP contribution >= 0.6 is 0 Å². The maximum atomic E-state index is 11.7. The zero-order valence-electron chi connectivity index (χ0n) is 11.0. The number of methoxy groups -OCH3 is 2. The molecule has 7 nitrogen and oxygen atoms in total. The van der Waals surface area contributed by atoms with Crippen molar-refractivity contribution in [2.24, 2.45) is 0 Å². The molecule has 0 spiro atoms. The van der Waals surface area contributed by atoms with E-state index in [1.54, 1.807) is 18.2 Å². The van der Waals surface area contributed by atoms with Crippen molar-refractivity contribution < 1.29 is 14.6 Å². The predicted octanol–water partition coefficient (Wildman–Crippen LogP) is 0.377. The van der Waals surface area contributed by atoms with Gasteiger partial charge in [0.1, 0.15) is 0 Å². The lowest BCUT2D eigenvalue weighted by atomic mass is 10.1. The van der Waals surface area contributed by atoms with Crippen LogP contribution in [0.3, 0.4) is 0 Å². The van der Waals surface area contributed by atoms with Gasteiger partial charge in [0, 0.05) is 6.42 Å². The van der Waals surface area contributed by atoms with Gasteiger partial charge in [-0.3, -0.25) is 14.8 Å². The molecular weight excluding hydrogens is 264 g/mol. The second-order valence-electron chi connectivity index (χ2n) is 4.10. The Labute approximate surface area is 113 Å². The van der Waals surface area contributed by atoms with E-state index >= 15 is 0 Å². The number of ether oxygens (including phenoxy) is 2. The first-order valence-corrected chi connectivity index (χ1v) is 5.80. The summed E-state index contributed by atoms with van der Waals surface area (Å²) in [5.41, 5.74) is -0.558. The van der Waals surface area contributed by atoms with Gasteiger partial charge in [-0.15, -0.1) is 0 Å². The molecule has 3 N–H and O–H groups in total. The van der Waals surface area contributed by atoms with Gasteiger partial charge in [-0.1, -0.05) is 6.07 Å². The van der Waals surface area contributed by atoms with E-state index in [0.29, 0.717) is 11.5 Å². The summed E-state index contributed by atoms with van der Waals surface area (Å²) in [6.45, 7) is 0. The third-order valence-electron chi connectivity index (χ3n) is 2.85. The summed E-state index contributed by atoms with van der Waals surface area (Å²) < 4.78 is 10.3. The highest BCUT2D eigenvalue weighted by atomic mass is 16.5. The average molecular weight is 278 g/mol. The SMILES string of the molecule is COc1ccc(Cc2c(O)[nH]c(=O)[nH]c2=O)cc1OC. The standard InChI is InChI=1S/C13H14N2O5/c1-19-9-4-3-7(6-10(9)20-2)5-8-11(16)14-13(18)15-12(8)17/h3-4,6H,5H2,1-2H3,(H3,14,15,16,17,18). The van der Waals surface area contributed by atoms with Crippen molar-refractivity contribution in [3.63, 3.8) is 0 Å². The topological polar surface area (TPSA) is 104 Å². The molecule has 1 aromatic heterocycles. The van der Waals surface area contributed by atoms with Gasteiger partial charge in [0.15, 0.2) is 11.5 Å². The third kappa shape index (κ3) is 2.66. The lowest BCUT2D eigenvalue weighted by molar-refractivity contribution is 0.354. The zero-order valence-corrected chi connectivity index (χ0v) is 11.0. The molecule has 0 unspecified atom stereocenters. The van der Waals surface area contributed by atoms with Crippen LogP contribution in [0.4, 0.5) is 0 Å². The Balaban J connectivity index is 2.40.